The van der Waals surface area contributed by atoms with Crippen LogP contribution in [0.1, 0.15) is 24.6 Å². The van der Waals surface area contributed by atoms with Crippen LogP contribution in [0.25, 0.3) is 0 Å². The number of hydrogen-bond donors (Lipinski definition) is 1. The summed E-state index contributed by atoms with van der Waals surface area (Å²) >= 11 is 6.85. The number of H-pyrrole nitrogens is 1. The van der Waals surface area contributed by atoms with Crippen LogP contribution in [0.2, 0.25) is 0 Å². The summed E-state index contributed by atoms with van der Waals surface area (Å²) in [6.45, 7) is 2.64. The number of benzene rings is 1. The Morgan fingerprint density at radius 1 is 1.28 bits per heavy atom. The molecule has 1 aromatic carbocycles. The van der Waals surface area contributed by atoms with Crippen LogP contribution in [0, 0.1) is 0 Å². The Morgan fingerprint density at radius 3 is 2.67 bits per heavy atom. The zero-order valence-corrected chi connectivity index (χ0v) is 13.2. The second-order valence-corrected chi connectivity index (χ2v) is 5.78. The Morgan fingerprint density at radius 2 is 2.00 bits per heavy atom. The van der Waals surface area contributed by atoms with Crippen molar-refractivity contribution in [2.75, 3.05) is 0 Å². The maximum atomic E-state index is 12.0. The third-order valence-electron chi connectivity index (χ3n) is 2.75. The van der Waals surface area contributed by atoms with Crippen molar-refractivity contribution < 1.29 is 0 Å². The average molecular weight is 374 g/mol. The van der Waals surface area contributed by atoms with Crippen LogP contribution in [0.3, 0.4) is 0 Å². The molecule has 0 saturated carbocycles. The molecule has 0 radical (unpaired) electrons. The minimum absolute atomic E-state index is 0.00537. The zero-order valence-electron chi connectivity index (χ0n) is 10.0. The summed E-state index contributed by atoms with van der Waals surface area (Å²) in [5.74, 6) is 0. The molecule has 0 bridgehead atoms. The van der Waals surface area contributed by atoms with Gasteiger partial charge in [-0.25, -0.2) is 4.68 Å². The molecular formula is C13H14Br2N2O. The van der Waals surface area contributed by atoms with Gasteiger partial charge in [-0.15, -0.1) is 0 Å². The predicted molar refractivity (Wildman–Crippen MR) is 80.0 cm³/mol. The number of aryl methyl sites for hydroxylation is 1. The maximum absolute atomic E-state index is 12.0. The zero-order chi connectivity index (χ0) is 13.1. The third-order valence-corrected chi connectivity index (χ3v) is 4.35. The number of halogens is 2. The van der Waals surface area contributed by atoms with Gasteiger partial charge in [0.25, 0.3) is 5.56 Å². The topological polar surface area (TPSA) is 37.8 Å². The molecule has 5 heteroatoms. The van der Waals surface area contributed by atoms with E-state index in [1.807, 2.05) is 24.3 Å². The first-order valence-corrected chi connectivity index (χ1v) is 7.42. The van der Waals surface area contributed by atoms with Crippen molar-refractivity contribution in [2.24, 2.45) is 0 Å². The van der Waals surface area contributed by atoms with Crippen molar-refractivity contribution >= 4 is 31.9 Å². The average Bonchev–Trinajstić information content (AvgIpc) is 2.61. The van der Waals surface area contributed by atoms with Crippen LogP contribution in [-0.4, -0.2) is 9.78 Å². The fourth-order valence-electron chi connectivity index (χ4n) is 1.83. The van der Waals surface area contributed by atoms with Gasteiger partial charge in [0.15, 0.2) is 0 Å². The molecule has 0 fully saturated rings. The van der Waals surface area contributed by atoms with Crippen molar-refractivity contribution in [1.82, 2.24) is 9.78 Å². The number of nitrogens with one attached hydrogen (secondary N) is 1. The molecule has 0 aliphatic heterocycles. The van der Waals surface area contributed by atoms with Gasteiger partial charge in [0.05, 0.1) is 12.2 Å². The molecular weight excluding hydrogens is 360 g/mol. The lowest BCUT2D eigenvalue weighted by atomic mass is 10.2. The summed E-state index contributed by atoms with van der Waals surface area (Å²) in [6.07, 6.45) is 1.88. The second kappa shape index (κ2) is 5.89. The van der Waals surface area contributed by atoms with Gasteiger partial charge < -0.3 is 0 Å². The monoisotopic (exact) mass is 372 g/mol. The Kier molecular flexibility index (Phi) is 4.45. The maximum Gasteiger partial charge on any atom is 0.281 e. The highest BCUT2D eigenvalue weighted by Crippen LogP contribution is 2.17. The minimum Gasteiger partial charge on any atom is -0.298 e. The Bertz CT molecular complexity index is 601. The molecule has 0 aliphatic carbocycles. The van der Waals surface area contributed by atoms with Gasteiger partial charge in [-0.05, 0) is 34.0 Å². The predicted octanol–water partition coefficient (Wildman–Crippen LogP) is 3.70. The molecule has 3 nitrogen and oxygen atoms in total. The standard InChI is InChI=1S/C13H14Br2N2O/c1-2-5-11-12(15)13(18)17(16-11)8-9-6-3-4-7-10(9)14/h3-4,6-7,16H,2,5,8H2,1H3. The van der Waals surface area contributed by atoms with E-state index in [2.05, 4.69) is 43.9 Å². The molecule has 0 atom stereocenters. The van der Waals surface area contributed by atoms with Crippen LogP contribution in [0.4, 0.5) is 0 Å². The Balaban J connectivity index is 2.33. The van der Waals surface area contributed by atoms with E-state index in [0.29, 0.717) is 11.0 Å². The van der Waals surface area contributed by atoms with Crippen molar-refractivity contribution in [2.45, 2.75) is 26.3 Å². The SMILES string of the molecule is CCCc1[nH]n(Cc2ccccc2Br)c(=O)c1Br. The number of aromatic amines is 1. The lowest BCUT2D eigenvalue weighted by molar-refractivity contribution is 0.647. The second-order valence-electron chi connectivity index (χ2n) is 4.14. The van der Waals surface area contributed by atoms with Crippen LogP contribution in [-0.2, 0) is 13.0 Å². The fourth-order valence-corrected chi connectivity index (χ4v) is 2.75. The smallest absolute Gasteiger partial charge is 0.281 e. The Labute approximate surface area is 122 Å². The summed E-state index contributed by atoms with van der Waals surface area (Å²) in [6, 6.07) is 7.91. The van der Waals surface area contributed by atoms with Gasteiger partial charge >= 0.3 is 0 Å². The first kappa shape index (κ1) is 13.6. The summed E-state index contributed by atoms with van der Waals surface area (Å²) < 4.78 is 3.30. The quantitative estimate of drug-likeness (QED) is 0.871. The van der Waals surface area contributed by atoms with Crippen molar-refractivity contribution in [3.05, 3.63) is 54.8 Å². The minimum atomic E-state index is -0.00537. The lowest BCUT2D eigenvalue weighted by Gasteiger charge is -2.04. The molecule has 18 heavy (non-hydrogen) atoms. The van der Waals surface area contributed by atoms with Crippen molar-refractivity contribution in [3.63, 3.8) is 0 Å². The highest BCUT2D eigenvalue weighted by Gasteiger charge is 2.11. The molecule has 0 saturated heterocycles. The van der Waals surface area contributed by atoms with E-state index in [9.17, 15) is 4.79 Å². The molecule has 1 heterocycles. The number of hydrogen-bond acceptors (Lipinski definition) is 1. The molecule has 0 unspecified atom stereocenters. The highest BCUT2D eigenvalue weighted by atomic mass is 79.9. The molecule has 1 aromatic heterocycles. The van der Waals surface area contributed by atoms with Gasteiger partial charge in [-0.3, -0.25) is 9.89 Å². The summed E-state index contributed by atoms with van der Waals surface area (Å²) in [5.41, 5.74) is 2.04. The third kappa shape index (κ3) is 2.78. The summed E-state index contributed by atoms with van der Waals surface area (Å²) in [5, 5.41) is 3.16. The van der Waals surface area contributed by atoms with Crippen molar-refractivity contribution in [1.29, 1.82) is 0 Å². The van der Waals surface area contributed by atoms with Crippen molar-refractivity contribution in [3.8, 4) is 0 Å². The van der Waals surface area contributed by atoms with E-state index < -0.39 is 0 Å². The first-order valence-electron chi connectivity index (χ1n) is 5.84. The van der Waals surface area contributed by atoms with E-state index >= 15 is 0 Å². The fraction of sp³-hybridized carbons (Fsp3) is 0.308. The normalized spacial score (nSPS) is 10.8. The molecule has 0 amide bonds. The molecule has 96 valence electrons. The van der Waals surface area contributed by atoms with E-state index in [4.69, 9.17) is 0 Å². The highest BCUT2D eigenvalue weighted by molar-refractivity contribution is 9.10. The van der Waals surface area contributed by atoms with Gasteiger partial charge in [0.1, 0.15) is 4.47 Å². The molecule has 0 spiro atoms. The van der Waals surface area contributed by atoms with Crippen LogP contribution < -0.4 is 5.56 Å². The van der Waals surface area contributed by atoms with Gasteiger partial charge in [0.2, 0.25) is 0 Å². The van der Waals surface area contributed by atoms with Gasteiger partial charge in [0, 0.05) is 4.47 Å². The van der Waals surface area contributed by atoms with E-state index in [1.54, 1.807) is 4.68 Å². The van der Waals surface area contributed by atoms with E-state index in [0.717, 1.165) is 28.6 Å². The number of rotatable bonds is 4. The molecule has 2 aromatic rings. The molecule has 1 N–H and O–H groups in total. The molecule has 2 rings (SSSR count). The van der Waals surface area contributed by atoms with E-state index in [-0.39, 0.29) is 5.56 Å². The van der Waals surface area contributed by atoms with Crippen LogP contribution in [0.5, 0.6) is 0 Å². The number of nitrogens with zero attached hydrogens (tertiary/aromatic N) is 1. The largest absolute Gasteiger partial charge is 0.298 e. The van der Waals surface area contributed by atoms with Gasteiger partial charge in [-0.1, -0.05) is 47.5 Å². The van der Waals surface area contributed by atoms with Gasteiger partial charge in [-0.2, -0.15) is 0 Å². The summed E-state index contributed by atoms with van der Waals surface area (Å²) in [7, 11) is 0. The summed E-state index contributed by atoms with van der Waals surface area (Å²) in [4.78, 5) is 12.0. The van der Waals surface area contributed by atoms with E-state index in [1.165, 1.54) is 0 Å². The molecule has 0 aliphatic rings. The Hall–Kier alpha value is -0.810. The van der Waals surface area contributed by atoms with Crippen LogP contribution >= 0.6 is 31.9 Å². The van der Waals surface area contributed by atoms with Crippen LogP contribution in [0.15, 0.2) is 38.0 Å². The first-order chi connectivity index (χ1) is 8.63. The lowest BCUT2D eigenvalue weighted by Crippen LogP contribution is -2.17. The number of aromatic nitrogens is 2.